The lowest BCUT2D eigenvalue weighted by atomic mass is 9.92. The lowest BCUT2D eigenvalue weighted by molar-refractivity contribution is 0.174. The van der Waals surface area contributed by atoms with E-state index in [0.29, 0.717) is 6.54 Å². The van der Waals surface area contributed by atoms with Gasteiger partial charge in [0.05, 0.1) is 6.04 Å². The van der Waals surface area contributed by atoms with Crippen molar-refractivity contribution in [2.24, 2.45) is 0 Å². The van der Waals surface area contributed by atoms with Crippen LogP contribution in [0.25, 0.3) is 21.7 Å². The summed E-state index contributed by atoms with van der Waals surface area (Å²) >= 11 is 6.03. The van der Waals surface area contributed by atoms with Crippen LogP contribution in [0.4, 0.5) is 0 Å². The van der Waals surface area contributed by atoms with Gasteiger partial charge in [0, 0.05) is 29.7 Å². The molecule has 4 aromatic carbocycles. The number of hydrogen-bond acceptors (Lipinski definition) is 3. The van der Waals surface area contributed by atoms with Gasteiger partial charge >= 0.3 is 0 Å². The average molecular weight is 492 g/mol. The number of nitrogens with one attached hydrogen (secondary N) is 2. The van der Waals surface area contributed by atoms with Gasteiger partial charge in [-0.2, -0.15) is 0 Å². The van der Waals surface area contributed by atoms with Gasteiger partial charge < -0.3 is 24.7 Å². The smallest absolute Gasteiger partial charge is 0.231 e. The molecule has 5 nitrogen and oxygen atoms in total. The largest absolute Gasteiger partial charge is 0.454 e. The van der Waals surface area contributed by atoms with Gasteiger partial charge in [0.25, 0.3) is 0 Å². The van der Waals surface area contributed by atoms with E-state index in [4.69, 9.17) is 21.7 Å². The molecule has 0 fully saturated rings. The zero-order valence-corrected chi connectivity index (χ0v) is 20.5. The third-order valence-corrected chi connectivity index (χ3v) is 7.70. The summed E-state index contributed by atoms with van der Waals surface area (Å²) in [7, 11) is 0. The highest BCUT2D eigenvalue weighted by Gasteiger charge is 2.34. The Bertz CT molecular complexity index is 1620. The van der Waals surface area contributed by atoms with Crippen LogP contribution in [0, 0.1) is 0 Å². The molecule has 0 bridgehead atoms. The maximum atomic E-state index is 6.03. The number of aromatic amines is 1. The van der Waals surface area contributed by atoms with Crippen LogP contribution in [-0.2, 0) is 13.0 Å². The van der Waals surface area contributed by atoms with Gasteiger partial charge in [-0.3, -0.25) is 0 Å². The first-order chi connectivity index (χ1) is 17.8. The van der Waals surface area contributed by atoms with E-state index in [0.717, 1.165) is 40.7 Å². The zero-order chi connectivity index (χ0) is 24.1. The van der Waals surface area contributed by atoms with Crippen LogP contribution in [0.1, 0.15) is 28.4 Å². The molecule has 2 N–H and O–H groups in total. The summed E-state index contributed by atoms with van der Waals surface area (Å²) < 4.78 is 11.3. The van der Waals surface area contributed by atoms with Crippen molar-refractivity contribution in [1.82, 2.24) is 15.2 Å². The summed E-state index contributed by atoms with van der Waals surface area (Å²) in [6.07, 6.45) is 0.927. The van der Waals surface area contributed by atoms with E-state index < -0.39 is 0 Å². The van der Waals surface area contributed by atoms with Gasteiger partial charge in [0.2, 0.25) is 6.79 Å². The second-order valence-corrected chi connectivity index (χ2v) is 9.71. The molecule has 0 spiro atoms. The van der Waals surface area contributed by atoms with Gasteiger partial charge in [-0.05, 0) is 64.3 Å². The van der Waals surface area contributed by atoms with Crippen molar-refractivity contribution < 1.29 is 9.47 Å². The maximum absolute atomic E-state index is 6.03. The Hall–Kier alpha value is -4.03. The number of rotatable bonds is 3. The molecule has 0 unspecified atom stereocenters. The van der Waals surface area contributed by atoms with E-state index >= 15 is 0 Å². The van der Waals surface area contributed by atoms with Crippen molar-refractivity contribution in [2.75, 3.05) is 13.3 Å². The number of fused-ring (bicyclic) bond motifs is 5. The summed E-state index contributed by atoms with van der Waals surface area (Å²) in [6, 6.07) is 29.6. The maximum Gasteiger partial charge on any atom is 0.231 e. The molecule has 0 radical (unpaired) electrons. The van der Waals surface area contributed by atoms with E-state index in [9.17, 15) is 0 Å². The lowest BCUT2D eigenvalue weighted by Gasteiger charge is -2.38. The fourth-order valence-electron chi connectivity index (χ4n) is 5.61. The molecule has 6 heteroatoms. The molecule has 1 atom stereocenters. The Kier molecular flexibility index (Phi) is 5.06. The molecule has 0 amide bonds. The number of H-pyrrole nitrogens is 1. The molecule has 2 aliphatic heterocycles. The van der Waals surface area contributed by atoms with Crippen molar-refractivity contribution in [3.8, 4) is 11.5 Å². The standard InChI is InChI=1S/C30H25N3O2S/c36-30(31-17-21-8-5-7-19-6-1-2-9-22(19)21)33-15-14-24-23-10-3-4-11-25(23)32-28(24)29(33)20-12-13-26-27(16-20)35-18-34-26/h1-13,16,29,32H,14-15,17-18H2,(H,31,36)/t29-/m1/s1. The van der Waals surface area contributed by atoms with Crippen LogP contribution in [0.5, 0.6) is 11.5 Å². The minimum absolute atomic E-state index is 0.0526. The predicted octanol–water partition coefficient (Wildman–Crippen LogP) is 6.07. The Balaban J connectivity index is 1.25. The van der Waals surface area contributed by atoms with Crippen LogP contribution in [0.15, 0.2) is 84.9 Å². The normalized spacial score (nSPS) is 16.3. The van der Waals surface area contributed by atoms with Crippen LogP contribution in [0.2, 0.25) is 0 Å². The highest BCUT2D eigenvalue weighted by Crippen LogP contribution is 2.42. The topological polar surface area (TPSA) is 49.5 Å². The first-order valence-electron chi connectivity index (χ1n) is 12.3. The van der Waals surface area contributed by atoms with Crippen LogP contribution in [0.3, 0.4) is 0 Å². The Morgan fingerprint density at radius 2 is 1.72 bits per heavy atom. The zero-order valence-electron chi connectivity index (χ0n) is 19.7. The summed E-state index contributed by atoms with van der Waals surface area (Å²) in [5.41, 5.74) is 6.07. The van der Waals surface area contributed by atoms with Gasteiger partial charge in [-0.15, -0.1) is 0 Å². The molecule has 36 heavy (non-hydrogen) atoms. The molecule has 0 saturated heterocycles. The summed E-state index contributed by atoms with van der Waals surface area (Å²) in [5.74, 6) is 1.57. The Morgan fingerprint density at radius 1 is 0.917 bits per heavy atom. The molecular weight excluding hydrogens is 466 g/mol. The SMILES string of the molecule is S=C(NCc1cccc2ccccc12)N1CCc2c([nH]c3ccccc23)[C@H]1c1ccc2c(c1)OCO2. The molecule has 5 aromatic rings. The molecule has 3 heterocycles. The Morgan fingerprint density at radius 3 is 2.67 bits per heavy atom. The number of nitrogens with zero attached hydrogens (tertiary/aromatic N) is 1. The van der Waals surface area contributed by atoms with Crippen molar-refractivity contribution in [2.45, 2.75) is 19.0 Å². The van der Waals surface area contributed by atoms with E-state index in [1.165, 1.54) is 33.0 Å². The van der Waals surface area contributed by atoms with E-state index in [2.05, 4.69) is 94.1 Å². The molecular formula is C30H25N3O2S. The number of thiocarbonyl (C=S) groups is 1. The molecule has 178 valence electrons. The van der Waals surface area contributed by atoms with Crippen molar-refractivity contribution >= 4 is 39.0 Å². The van der Waals surface area contributed by atoms with Crippen molar-refractivity contribution in [1.29, 1.82) is 0 Å². The Labute approximate surface area is 214 Å². The highest BCUT2D eigenvalue weighted by atomic mass is 32.1. The molecule has 1 aromatic heterocycles. The van der Waals surface area contributed by atoms with Gasteiger partial charge in [-0.1, -0.05) is 66.7 Å². The highest BCUT2D eigenvalue weighted by molar-refractivity contribution is 7.80. The van der Waals surface area contributed by atoms with Crippen molar-refractivity contribution in [3.63, 3.8) is 0 Å². The number of ether oxygens (including phenoxy) is 2. The van der Waals surface area contributed by atoms with Crippen LogP contribution < -0.4 is 14.8 Å². The third kappa shape index (κ3) is 3.48. The van der Waals surface area contributed by atoms with Crippen LogP contribution >= 0.6 is 12.2 Å². The second kappa shape index (κ2) is 8.57. The van der Waals surface area contributed by atoms with Gasteiger partial charge in [0.15, 0.2) is 16.6 Å². The number of hydrogen-bond donors (Lipinski definition) is 2. The fourth-order valence-corrected chi connectivity index (χ4v) is 5.88. The fraction of sp³-hybridized carbons (Fsp3) is 0.167. The summed E-state index contributed by atoms with van der Waals surface area (Å²) in [5, 5.41) is 8.08. The monoisotopic (exact) mass is 491 g/mol. The summed E-state index contributed by atoms with van der Waals surface area (Å²) in [6.45, 7) is 1.76. The summed E-state index contributed by atoms with van der Waals surface area (Å²) in [4.78, 5) is 6.02. The minimum atomic E-state index is -0.0526. The van der Waals surface area contributed by atoms with Crippen LogP contribution in [-0.4, -0.2) is 28.3 Å². The first-order valence-corrected chi connectivity index (χ1v) is 12.7. The second-order valence-electron chi connectivity index (χ2n) is 9.32. The molecule has 7 rings (SSSR count). The number of para-hydroxylation sites is 1. The molecule has 0 aliphatic carbocycles. The first kappa shape index (κ1) is 21.3. The molecule has 0 saturated carbocycles. The van der Waals surface area contributed by atoms with E-state index in [1.807, 2.05) is 6.07 Å². The predicted molar refractivity (Wildman–Crippen MR) is 147 cm³/mol. The van der Waals surface area contributed by atoms with E-state index in [1.54, 1.807) is 0 Å². The number of benzene rings is 4. The van der Waals surface area contributed by atoms with E-state index in [-0.39, 0.29) is 12.8 Å². The number of aromatic nitrogens is 1. The average Bonchev–Trinajstić information content (AvgIpc) is 3.55. The van der Waals surface area contributed by atoms with Gasteiger partial charge in [0.1, 0.15) is 0 Å². The van der Waals surface area contributed by atoms with Gasteiger partial charge in [-0.25, -0.2) is 0 Å². The quantitative estimate of drug-likeness (QED) is 0.300. The third-order valence-electron chi connectivity index (χ3n) is 7.32. The molecule has 2 aliphatic rings. The minimum Gasteiger partial charge on any atom is -0.454 e. The van der Waals surface area contributed by atoms with Crippen molar-refractivity contribution in [3.05, 3.63) is 107 Å². The lowest BCUT2D eigenvalue weighted by Crippen LogP contribution is -2.45.